The van der Waals surface area contributed by atoms with Crippen molar-refractivity contribution in [3.05, 3.63) is 71.0 Å². The highest BCUT2D eigenvalue weighted by atomic mass is 19.1. The lowest BCUT2D eigenvalue weighted by atomic mass is 10.1. The van der Waals surface area contributed by atoms with E-state index in [4.69, 9.17) is 0 Å². The molecule has 0 aliphatic heterocycles. The zero-order valence-electron chi connectivity index (χ0n) is 12.3. The fourth-order valence-corrected chi connectivity index (χ4v) is 2.09. The van der Waals surface area contributed by atoms with E-state index in [-0.39, 0.29) is 18.1 Å². The third-order valence-corrected chi connectivity index (χ3v) is 3.31. The number of ether oxygens (including phenoxy) is 1. The number of nitrogens with one attached hydrogen (secondary N) is 1. The van der Waals surface area contributed by atoms with Crippen LogP contribution >= 0.6 is 0 Å². The van der Waals surface area contributed by atoms with Gasteiger partial charge in [-0.15, -0.1) is 0 Å². The van der Waals surface area contributed by atoms with Gasteiger partial charge in [0.2, 0.25) is 0 Å². The molecule has 2 aromatic rings. The van der Waals surface area contributed by atoms with E-state index >= 15 is 0 Å². The first-order valence-electron chi connectivity index (χ1n) is 6.92. The summed E-state index contributed by atoms with van der Waals surface area (Å²) in [6.07, 6.45) is -0.907. The normalized spacial score (nSPS) is 12.0. The molecule has 0 saturated carbocycles. The molecule has 0 heterocycles. The largest absolute Gasteiger partial charge is 0.465 e. The van der Waals surface area contributed by atoms with E-state index in [1.54, 1.807) is 42.5 Å². The van der Waals surface area contributed by atoms with Gasteiger partial charge >= 0.3 is 5.97 Å². The Balaban J connectivity index is 1.86. The monoisotopic (exact) mass is 303 g/mol. The smallest absolute Gasteiger partial charge is 0.337 e. The molecule has 1 atom stereocenters. The average molecular weight is 303 g/mol. The molecule has 2 aromatic carbocycles. The van der Waals surface area contributed by atoms with Gasteiger partial charge in [-0.05, 0) is 23.8 Å². The molecule has 0 spiro atoms. The summed E-state index contributed by atoms with van der Waals surface area (Å²) in [5.41, 5.74) is 1.71. The van der Waals surface area contributed by atoms with Crippen LogP contribution in [0, 0.1) is 5.82 Å². The van der Waals surface area contributed by atoms with E-state index in [2.05, 4.69) is 10.1 Å². The van der Waals surface area contributed by atoms with E-state index in [9.17, 15) is 14.3 Å². The van der Waals surface area contributed by atoms with Gasteiger partial charge in [-0.1, -0.05) is 30.3 Å². The minimum Gasteiger partial charge on any atom is -0.465 e. The van der Waals surface area contributed by atoms with Crippen molar-refractivity contribution < 1.29 is 19.0 Å². The summed E-state index contributed by atoms with van der Waals surface area (Å²) in [6.45, 7) is 0.743. The number of rotatable bonds is 6. The summed E-state index contributed by atoms with van der Waals surface area (Å²) >= 11 is 0. The Kier molecular flexibility index (Phi) is 5.63. The number of benzene rings is 2. The van der Waals surface area contributed by atoms with E-state index in [1.807, 2.05) is 0 Å². The maximum Gasteiger partial charge on any atom is 0.337 e. The van der Waals surface area contributed by atoms with Gasteiger partial charge in [0.25, 0.3) is 0 Å². The van der Waals surface area contributed by atoms with Crippen LogP contribution in [0.25, 0.3) is 0 Å². The van der Waals surface area contributed by atoms with Crippen molar-refractivity contribution in [3.8, 4) is 0 Å². The molecule has 0 aliphatic rings. The van der Waals surface area contributed by atoms with Crippen LogP contribution in [0.2, 0.25) is 0 Å². The molecule has 2 rings (SSSR count). The standard InChI is InChI=1S/C17H18FNO3/c1-22-17(21)13-8-6-12(7-9-13)10-19-11-16(20)14-4-2-3-5-15(14)18/h2-9,16,19-20H,10-11H2,1H3. The zero-order chi connectivity index (χ0) is 15.9. The lowest BCUT2D eigenvalue weighted by Gasteiger charge is -2.13. The summed E-state index contributed by atoms with van der Waals surface area (Å²) in [7, 11) is 1.34. The predicted octanol–water partition coefficient (Wildman–Crippen LogP) is 2.44. The van der Waals surface area contributed by atoms with Gasteiger partial charge in [0, 0.05) is 18.7 Å². The van der Waals surface area contributed by atoms with E-state index < -0.39 is 11.9 Å². The Morgan fingerprint density at radius 1 is 1.23 bits per heavy atom. The average Bonchev–Trinajstić information content (AvgIpc) is 2.55. The fourth-order valence-electron chi connectivity index (χ4n) is 2.09. The number of carbonyl (C=O) groups is 1. The van der Waals surface area contributed by atoms with E-state index in [1.165, 1.54) is 13.2 Å². The Morgan fingerprint density at radius 3 is 2.55 bits per heavy atom. The Hall–Kier alpha value is -2.24. The lowest BCUT2D eigenvalue weighted by molar-refractivity contribution is 0.0600. The van der Waals surface area contributed by atoms with Crippen LogP contribution in [0.1, 0.15) is 27.6 Å². The van der Waals surface area contributed by atoms with Crippen LogP contribution in [0.15, 0.2) is 48.5 Å². The second-order valence-corrected chi connectivity index (χ2v) is 4.86. The number of esters is 1. The second kappa shape index (κ2) is 7.68. The predicted molar refractivity (Wildman–Crippen MR) is 80.8 cm³/mol. The summed E-state index contributed by atoms with van der Waals surface area (Å²) in [4.78, 5) is 11.3. The van der Waals surface area contributed by atoms with Gasteiger partial charge in [0.1, 0.15) is 5.82 Å². The van der Waals surface area contributed by atoms with E-state index in [0.29, 0.717) is 12.1 Å². The Morgan fingerprint density at radius 2 is 1.91 bits per heavy atom. The topological polar surface area (TPSA) is 58.6 Å². The van der Waals surface area contributed by atoms with Crippen LogP contribution in [0.3, 0.4) is 0 Å². The summed E-state index contributed by atoms with van der Waals surface area (Å²) in [5.74, 6) is -0.797. The first-order valence-corrected chi connectivity index (χ1v) is 6.92. The molecule has 4 nitrogen and oxygen atoms in total. The van der Waals surface area contributed by atoms with Crippen LogP contribution in [-0.4, -0.2) is 24.7 Å². The molecule has 2 N–H and O–H groups in total. The van der Waals surface area contributed by atoms with Crippen molar-refractivity contribution in [3.63, 3.8) is 0 Å². The molecule has 116 valence electrons. The SMILES string of the molecule is COC(=O)c1ccc(CNCC(O)c2ccccc2F)cc1. The van der Waals surface area contributed by atoms with Crippen molar-refractivity contribution in [1.29, 1.82) is 0 Å². The molecule has 0 aromatic heterocycles. The van der Waals surface area contributed by atoms with Gasteiger partial charge < -0.3 is 15.2 Å². The number of aliphatic hydroxyl groups excluding tert-OH is 1. The summed E-state index contributed by atoms with van der Waals surface area (Å²) in [6, 6.07) is 13.1. The second-order valence-electron chi connectivity index (χ2n) is 4.86. The van der Waals surface area contributed by atoms with Gasteiger partial charge in [0.05, 0.1) is 18.8 Å². The fraction of sp³-hybridized carbons (Fsp3) is 0.235. The molecule has 0 fully saturated rings. The minimum atomic E-state index is -0.907. The highest BCUT2D eigenvalue weighted by molar-refractivity contribution is 5.89. The van der Waals surface area contributed by atoms with Gasteiger partial charge in [-0.2, -0.15) is 0 Å². The van der Waals surface area contributed by atoms with Gasteiger partial charge in [0.15, 0.2) is 0 Å². The van der Waals surface area contributed by atoms with Crippen molar-refractivity contribution in [1.82, 2.24) is 5.32 Å². The Labute approximate surface area is 128 Å². The maximum atomic E-state index is 13.5. The molecule has 0 amide bonds. The molecule has 0 bridgehead atoms. The quantitative estimate of drug-likeness (QED) is 0.805. The number of carbonyl (C=O) groups excluding carboxylic acids is 1. The molecule has 0 saturated heterocycles. The third-order valence-electron chi connectivity index (χ3n) is 3.31. The first kappa shape index (κ1) is 16.1. The zero-order valence-corrected chi connectivity index (χ0v) is 12.3. The summed E-state index contributed by atoms with van der Waals surface area (Å²) in [5, 5.41) is 13.0. The number of halogens is 1. The molecular formula is C17H18FNO3. The minimum absolute atomic E-state index is 0.236. The number of hydrogen-bond donors (Lipinski definition) is 2. The molecule has 5 heteroatoms. The highest BCUT2D eigenvalue weighted by Crippen LogP contribution is 2.15. The van der Waals surface area contributed by atoms with Crippen molar-refractivity contribution >= 4 is 5.97 Å². The number of hydrogen-bond acceptors (Lipinski definition) is 4. The first-order chi connectivity index (χ1) is 10.6. The van der Waals surface area contributed by atoms with Crippen molar-refractivity contribution in [2.75, 3.05) is 13.7 Å². The molecule has 22 heavy (non-hydrogen) atoms. The van der Waals surface area contributed by atoms with E-state index in [0.717, 1.165) is 5.56 Å². The number of methoxy groups -OCH3 is 1. The van der Waals surface area contributed by atoms with Crippen LogP contribution < -0.4 is 5.32 Å². The van der Waals surface area contributed by atoms with Crippen molar-refractivity contribution in [2.24, 2.45) is 0 Å². The molecule has 0 radical (unpaired) electrons. The lowest BCUT2D eigenvalue weighted by Crippen LogP contribution is -2.21. The van der Waals surface area contributed by atoms with Crippen LogP contribution in [0.5, 0.6) is 0 Å². The molecule has 0 aliphatic carbocycles. The Bertz CT molecular complexity index is 628. The van der Waals surface area contributed by atoms with Gasteiger partial charge in [-0.25, -0.2) is 9.18 Å². The molecular weight excluding hydrogens is 285 g/mol. The van der Waals surface area contributed by atoms with Crippen LogP contribution in [0.4, 0.5) is 4.39 Å². The maximum absolute atomic E-state index is 13.5. The highest BCUT2D eigenvalue weighted by Gasteiger charge is 2.11. The number of aliphatic hydroxyl groups is 1. The summed E-state index contributed by atoms with van der Waals surface area (Å²) < 4.78 is 18.1. The van der Waals surface area contributed by atoms with Crippen LogP contribution in [-0.2, 0) is 11.3 Å². The third kappa shape index (κ3) is 4.13. The van der Waals surface area contributed by atoms with Crippen molar-refractivity contribution in [2.45, 2.75) is 12.6 Å². The molecule has 1 unspecified atom stereocenters. The van der Waals surface area contributed by atoms with Gasteiger partial charge in [-0.3, -0.25) is 0 Å².